The molecule has 1 N–H and O–H groups in total. The summed E-state index contributed by atoms with van der Waals surface area (Å²) in [6, 6.07) is 5.11. The largest absolute Gasteiger partial charge is 0.493 e. The Labute approximate surface area is 112 Å². The van der Waals surface area contributed by atoms with Gasteiger partial charge in [0.25, 0.3) is 5.91 Å². The van der Waals surface area contributed by atoms with Gasteiger partial charge in [0.2, 0.25) is 0 Å². The normalized spacial score (nSPS) is 11.8. The maximum atomic E-state index is 11.9. The second-order valence-corrected chi connectivity index (χ2v) is 4.30. The number of methoxy groups -OCH3 is 2. The van der Waals surface area contributed by atoms with Crippen LogP contribution in [0, 0.1) is 0 Å². The summed E-state index contributed by atoms with van der Waals surface area (Å²) in [5, 5.41) is 2.87. The predicted octanol–water partition coefficient (Wildman–Crippen LogP) is 2.45. The van der Waals surface area contributed by atoms with Crippen LogP contribution in [0.25, 0.3) is 0 Å². The molecule has 18 heavy (non-hydrogen) atoms. The van der Waals surface area contributed by atoms with Gasteiger partial charge in [-0.3, -0.25) is 4.79 Å². The highest BCUT2D eigenvalue weighted by atomic mass is 35.5. The first-order chi connectivity index (χ1) is 8.62. The molecule has 0 bridgehead atoms. The Morgan fingerprint density at radius 3 is 2.56 bits per heavy atom. The molecule has 0 aliphatic heterocycles. The molecule has 4 nitrogen and oxygen atoms in total. The highest BCUT2D eigenvalue weighted by molar-refractivity contribution is 6.17. The first-order valence-electron chi connectivity index (χ1n) is 5.71. The molecule has 0 heterocycles. The molecule has 0 aliphatic carbocycles. The topological polar surface area (TPSA) is 47.6 Å². The molecule has 5 heteroatoms. The summed E-state index contributed by atoms with van der Waals surface area (Å²) in [7, 11) is 3.09. The van der Waals surface area contributed by atoms with Crippen LogP contribution in [0.15, 0.2) is 18.2 Å². The van der Waals surface area contributed by atoms with Crippen molar-refractivity contribution in [2.24, 2.45) is 0 Å². The number of rotatable bonds is 6. The van der Waals surface area contributed by atoms with Crippen molar-refractivity contribution < 1.29 is 14.3 Å². The standard InChI is InChI=1S/C13H18ClNO3/c1-9(6-7-14)15-13(16)10-4-5-11(17-2)12(8-10)18-3/h4-5,8-9H,6-7H2,1-3H3,(H,15,16). The van der Waals surface area contributed by atoms with E-state index in [1.54, 1.807) is 25.3 Å². The van der Waals surface area contributed by atoms with Gasteiger partial charge >= 0.3 is 0 Å². The van der Waals surface area contributed by atoms with E-state index in [0.717, 1.165) is 6.42 Å². The Morgan fingerprint density at radius 2 is 2.00 bits per heavy atom. The van der Waals surface area contributed by atoms with Crippen molar-refractivity contribution >= 4 is 17.5 Å². The Balaban J connectivity index is 2.80. The summed E-state index contributed by atoms with van der Waals surface area (Å²) in [5.74, 6) is 1.51. The molecule has 100 valence electrons. The second-order valence-electron chi connectivity index (χ2n) is 3.92. The Morgan fingerprint density at radius 1 is 1.33 bits per heavy atom. The van der Waals surface area contributed by atoms with E-state index < -0.39 is 0 Å². The number of ether oxygens (including phenoxy) is 2. The van der Waals surface area contributed by atoms with E-state index in [1.807, 2.05) is 6.92 Å². The molecule has 1 aromatic carbocycles. The molecule has 0 radical (unpaired) electrons. The second kappa shape index (κ2) is 7.11. The number of nitrogens with one attached hydrogen (secondary N) is 1. The average Bonchev–Trinajstić information content (AvgIpc) is 2.38. The number of carbonyl (C=O) groups is 1. The Hall–Kier alpha value is -1.42. The summed E-state index contributed by atoms with van der Waals surface area (Å²) in [6.45, 7) is 1.92. The summed E-state index contributed by atoms with van der Waals surface area (Å²) in [4.78, 5) is 11.9. The van der Waals surface area contributed by atoms with Gasteiger partial charge in [-0.15, -0.1) is 11.6 Å². The van der Waals surface area contributed by atoms with Gasteiger partial charge < -0.3 is 14.8 Å². The maximum Gasteiger partial charge on any atom is 0.251 e. The van der Waals surface area contributed by atoms with Crippen LogP contribution in [0.5, 0.6) is 11.5 Å². The molecular weight excluding hydrogens is 254 g/mol. The van der Waals surface area contributed by atoms with Crippen molar-refractivity contribution in [1.82, 2.24) is 5.32 Å². The van der Waals surface area contributed by atoms with Crippen LogP contribution in [0.3, 0.4) is 0 Å². The van der Waals surface area contributed by atoms with Gasteiger partial charge in [-0.05, 0) is 31.5 Å². The van der Waals surface area contributed by atoms with Crippen molar-refractivity contribution in [1.29, 1.82) is 0 Å². The van der Waals surface area contributed by atoms with Crippen LogP contribution in [-0.4, -0.2) is 32.0 Å². The third kappa shape index (κ3) is 3.81. The van der Waals surface area contributed by atoms with Crippen LogP contribution in [-0.2, 0) is 0 Å². The third-order valence-corrected chi connectivity index (χ3v) is 2.78. The molecule has 0 spiro atoms. The van der Waals surface area contributed by atoms with Gasteiger partial charge in [0, 0.05) is 17.5 Å². The number of hydrogen-bond donors (Lipinski definition) is 1. The van der Waals surface area contributed by atoms with E-state index in [-0.39, 0.29) is 11.9 Å². The molecular formula is C13H18ClNO3. The van der Waals surface area contributed by atoms with Crippen molar-refractivity contribution in [2.45, 2.75) is 19.4 Å². The van der Waals surface area contributed by atoms with Crippen LogP contribution >= 0.6 is 11.6 Å². The number of alkyl halides is 1. The number of amides is 1. The minimum atomic E-state index is -0.145. The van der Waals surface area contributed by atoms with Gasteiger partial charge in [-0.2, -0.15) is 0 Å². The fourth-order valence-electron chi connectivity index (χ4n) is 1.52. The minimum absolute atomic E-state index is 0.0445. The SMILES string of the molecule is COc1ccc(C(=O)NC(C)CCCl)cc1OC. The lowest BCUT2D eigenvalue weighted by Crippen LogP contribution is -2.32. The van der Waals surface area contributed by atoms with Gasteiger partial charge in [-0.1, -0.05) is 0 Å². The lowest BCUT2D eigenvalue weighted by Gasteiger charge is -2.13. The Bertz CT molecular complexity index is 409. The number of halogens is 1. The zero-order valence-corrected chi connectivity index (χ0v) is 11.6. The van der Waals surface area contributed by atoms with Crippen molar-refractivity contribution in [3.63, 3.8) is 0 Å². The molecule has 1 aromatic rings. The molecule has 1 unspecified atom stereocenters. The number of hydrogen-bond acceptors (Lipinski definition) is 3. The monoisotopic (exact) mass is 271 g/mol. The molecule has 0 saturated heterocycles. The zero-order chi connectivity index (χ0) is 13.5. The van der Waals surface area contributed by atoms with Crippen molar-refractivity contribution in [2.75, 3.05) is 20.1 Å². The maximum absolute atomic E-state index is 11.9. The van der Waals surface area contributed by atoms with Gasteiger partial charge in [-0.25, -0.2) is 0 Å². The average molecular weight is 272 g/mol. The lowest BCUT2D eigenvalue weighted by atomic mass is 10.1. The van der Waals surface area contributed by atoms with Gasteiger partial charge in [0.15, 0.2) is 11.5 Å². The molecule has 1 rings (SSSR count). The van der Waals surface area contributed by atoms with Crippen LogP contribution in [0.1, 0.15) is 23.7 Å². The van der Waals surface area contributed by atoms with E-state index in [9.17, 15) is 4.79 Å². The predicted molar refractivity (Wildman–Crippen MR) is 71.8 cm³/mol. The molecule has 1 amide bonds. The fourth-order valence-corrected chi connectivity index (χ4v) is 1.85. The summed E-state index contributed by atoms with van der Waals surface area (Å²) >= 11 is 5.63. The third-order valence-electron chi connectivity index (χ3n) is 2.57. The van der Waals surface area contributed by atoms with E-state index in [0.29, 0.717) is 22.9 Å². The van der Waals surface area contributed by atoms with Crippen LogP contribution < -0.4 is 14.8 Å². The first kappa shape index (κ1) is 14.6. The van der Waals surface area contributed by atoms with Crippen LogP contribution in [0.2, 0.25) is 0 Å². The van der Waals surface area contributed by atoms with Gasteiger partial charge in [0.1, 0.15) is 0 Å². The highest BCUT2D eigenvalue weighted by Crippen LogP contribution is 2.27. The number of benzene rings is 1. The highest BCUT2D eigenvalue weighted by Gasteiger charge is 2.12. The minimum Gasteiger partial charge on any atom is -0.493 e. The van der Waals surface area contributed by atoms with E-state index >= 15 is 0 Å². The fraction of sp³-hybridized carbons (Fsp3) is 0.462. The van der Waals surface area contributed by atoms with Gasteiger partial charge in [0.05, 0.1) is 14.2 Å². The zero-order valence-electron chi connectivity index (χ0n) is 10.8. The summed E-state index contributed by atoms with van der Waals surface area (Å²) < 4.78 is 10.3. The molecule has 1 atom stereocenters. The summed E-state index contributed by atoms with van der Waals surface area (Å²) in [6.07, 6.45) is 0.737. The van der Waals surface area contributed by atoms with Crippen molar-refractivity contribution in [3.05, 3.63) is 23.8 Å². The summed E-state index contributed by atoms with van der Waals surface area (Å²) in [5.41, 5.74) is 0.536. The van der Waals surface area contributed by atoms with Crippen LogP contribution in [0.4, 0.5) is 0 Å². The lowest BCUT2D eigenvalue weighted by molar-refractivity contribution is 0.0939. The Kier molecular flexibility index (Phi) is 5.78. The molecule has 0 fully saturated rings. The van der Waals surface area contributed by atoms with E-state index in [1.165, 1.54) is 7.11 Å². The van der Waals surface area contributed by atoms with Crippen molar-refractivity contribution in [3.8, 4) is 11.5 Å². The first-order valence-corrected chi connectivity index (χ1v) is 6.24. The molecule has 0 saturated carbocycles. The number of carbonyl (C=O) groups excluding carboxylic acids is 1. The smallest absolute Gasteiger partial charge is 0.251 e. The van der Waals surface area contributed by atoms with E-state index in [2.05, 4.69) is 5.32 Å². The van der Waals surface area contributed by atoms with E-state index in [4.69, 9.17) is 21.1 Å². The molecule has 0 aliphatic rings. The quantitative estimate of drug-likeness (QED) is 0.809. The molecule has 0 aromatic heterocycles.